The summed E-state index contributed by atoms with van der Waals surface area (Å²) in [7, 11) is 0. The van der Waals surface area contributed by atoms with Gasteiger partial charge in [-0.1, -0.05) is 30.0 Å². The Morgan fingerprint density at radius 1 is 1.28 bits per heavy atom. The van der Waals surface area contributed by atoms with Crippen molar-refractivity contribution in [3.8, 4) is 0 Å². The first kappa shape index (κ1) is 19.6. The molecule has 0 aliphatic heterocycles. The van der Waals surface area contributed by atoms with Gasteiger partial charge in [0, 0.05) is 11.4 Å². The smallest absolute Gasteiger partial charge is 0.262 e. The van der Waals surface area contributed by atoms with Crippen LogP contribution < -0.4 is 11.1 Å². The number of H-pyrrole nitrogens is 1. The van der Waals surface area contributed by atoms with E-state index >= 15 is 0 Å². The maximum absolute atomic E-state index is 12.9. The first-order valence-electron chi connectivity index (χ1n) is 9.17. The van der Waals surface area contributed by atoms with Crippen LogP contribution in [-0.2, 0) is 6.54 Å². The molecule has 148 valence electrons. The summed E-state index contributed by atoms with van der Waals surface area (Å²) in [6, 6.07) is 7.29. The molecule has 8 heteroatoms. The molecule has 0 saturated heterocycles. The van der Waals surface area contributed by atoms with Crippen molar-refractivity contribution < 1.29 is 0 Å². The average Bonchev–Trinajstić information content (AvgIpc) is 2.99. The van der Waals surface area contributed by atoms with Gasteiger partial charge in [-0.3, -0.25) is 14.2 Å². The van der Waals surface area contributed by atoms with Crippen LogP contribution in [0.4, 0.5) is 0 Å². The Morgan fingerprint density at radius 3 is 2.79 bits per heavy atom. The number of rotatable bonds is 5. The molecule has 0 aliphatic carbocycles. The van der Waals surface area contributed by atoms with Gasteiger partial charge < -0.3 is 4.98 Å². The summed E-state index contributed by atoms with van der Waals surface area (Å²) in [5.74, 6) is 0.571. The molecule has 4 aromatic rings. The highest BCUT2D eigenvalue weighted by Crippen LogP contribution is 2.33. The lowest BCUT2D eigenvalue weighted by molar-refractivity contribution is 0.669. The number of nitrogens with one attached hydrogen (secondary N) is 1. The molecule has 0 fully saturated rings. The predicted molar refractivity (Wildman–Crippen MR) is 120 cm³/mol. The van der Waals surface area contributed by atoms with Crippen molar-refractivity contribution in [1.82, 2.24) is 19.5 Å². The summed E-state index contributed by atoms with van der Waals surface area (Å²) < 4.78 is 1.60. The second-order valence-electron chi connectivity index (χ2n) is 6.79. The molecular weight excluding hydrogens is 404 g/mol. The Bertz CT molecular complexity index is 1370. The SMILES string of the molecule is C=CCn1c(SC(C)c2nc3sc(C)c(C)c3c(=O)[nH]2)nc2ccccc2c1=O. The van der Waals surface area contributed by atoms with Gasteiger partial charge in [-0.15, -0.1) is 17.9 Å². The predicted octanol–water partition coefficient (Wildman–Crippen LogP) is 4.35. The number of para-hydroxylation sites is 1. The first-order chi connectivity index (χ1) is 13.9. The lowest BCUT2D eigenvalue weighted by Crippen LogP contribution is -2.23. The highest BCUT2D eigenvalue weighted by atomic mass is 32.2. The van der Waals surface area contributed by atoms with Gasteiger partial charge in [-0.05, 0) is 38.5 Å². The molecule has 0 spiro atoms. The molecule has 1 unspecified atom stereocenters. The molecule has 4 rings (SSSR count). The molecule has 0 amide bonds. The van der Waals surface area contributed by atoms with E-state index in [-0.39, 0.29) is 16.4 Å². The average molecular weight is 425 g/mol. The molecule has 3 aromatic heterocycles. The van der Waals surface area contributed by atoms with Crippen LogP contribution in [0.25, 0.3) is 21.1 Å². The molecule has 3 heterocycles. The third kappa shape index (κ3) is 3.42. The number of benzene rings is 1. The second kappa shape index (κ2) is 7.61. The Hall–Kier alpha value is -2.71. The number of hydrogen-bond acceptors (Lipinski definition) is 6. The quantitative estimate of drug-likeness (QED) is 0.293. The van der Waals surface area contributed by atoms with Crippen LogP contribution in [0.1, 0.15) is 28.4 Å². The van der Waals surface area contributed by atoms with Crippen LogP contribution in [0.2, 0.25) is 0 Å². The first-order valence-corrected chi connectivity index (χ1v) is 10.9. The second-order valence-corrected chi connectivity index (χ2v) is 9.30. The molecule has 1 atom stereocenters. The summed E-state index contributed by atoms with van der Waals surface area (Å²) >= 11 is 2.92. The maximum atomic E-state index is 12.9. The molecule has 0 radical (unpaired) electrons. The zero-order valence-electron chi connectivity index (χ0n) is 16.4. The van der Waals surface area contributed by atoms with Crippen molar-refractivity contribution in [2.24, 2.45) is 0 Å². The van der Waals surface area contributed by atoms with E-state index in [9.17, 15) is 9.59 Å². The van der Waals surface area contributed by atoms with Crippen LogP contribution in [0.3, 0.4) is 0 Å². The number of aryl methyl sites for hydroxylation is 2. The van der Waals surface area contributed by atoms with Crippen LogP contribution >= 0.6 is 23.1 Å². The normalized spacial score (nSPS) is 12.5. The topological polar surface area (TPSA) is 80.6 Å². The number of thioether (sulfide) groups is 1. The summed E-state index contributed by atoms with van der Waals surface area (Å²) in [6.07, 6.45) is 1.68. The minimum Gasteiger partial charge on any atom is -0.309 e. The molecule has 6 nitrogen and oxygen atoms in total. The van der Waals surface area contributed by atoms with E-state index in [1.54, 1.807) is 16.7 Å². The third-order valence-electron chi connectivity index (χ3n) is 4.86. The van der Waals surface area contributed by atoms with Crippen LogP contribution in [0.5, 0.6) is 0 Å². The van der Waals surface area contributed by atoms with Gasteiger partial charge in [-0.2, -0.15) is 0 Å². The van der Waals surface area contributed by atoms with Crippen molar-refractivity contribution in [3.05, 3.63) is 73.9 Å². The zero-order chi connectivity index (χ0) is 20.7. The van der Waals surface area contributed by atoms with E-state index in [4.69, 9.17) is 0 Å². The number of fused-ring (bicyclic) bond motifs is 2. The highest BCUT2D eigenvalue weighted by molar-refractivity contribution is 7.99. The number of aromatic nitrogens is 4. The monoisotopic (exact) mass is 424 g/mol. The lowest BCUT2D eigenvalue weighted by Gasteiger charge is -2.15. The summed E-state index contributed by atoms with van der Waals surface area (Å²) in [5.41, 5.74) is 1.39. The fourth-order valence-corrected chi connectivity index (χ4v) is 5.22. The highest BCUT2D eigenvalue weighted by Gasteiger charge is 2.19. The largest absolute Gasteiger partial charge is 0.309 e. The minimum absolute atomic E-state index is 0.105. The zero-order valence-corrected chi connectivity index (χ0v) is 18.0. The molecular formula is C21H20N4O2S2. The van der Waals surface area contributed by atoms with Crippen LogP contribution in [0.15, 0.2) is 51.7 Å². The summed E-state index contributed by atoms with van der Waals surface area (Å²) in [5, 5.41) is 1.60. The summed E-state index contributed by atoms with van der Waals surface area (Å²) in [4.78, 5) is 39.6. The Kier molecular flexibility index (Phi) is 5.14. The molecule has 0 saturated carbocycles. The van der Waals surface area contributed by atoms with Crippen LogP contribution in [-0.4, -0.2) is 19.5 Å². The third-order valence-corrected chi connectivity index (χ3v) is 7.06. The number of aromatic amines is 1. The van der Waals surface area contributed by atoms with E-state index in [0.717, 1.165) is 15.3 Å². The van der Waals surface area contributed by atoms with Gasteiger partial charge in [0.1, 0.15) is 10.7 Å². The van der Waals surface area contributed by atoms with E-state index in [1.807, 2.05) is 39.0 Å². The van der Waals surface area contributed by atoms with Gasteiger partial charge in [0.05, 0.1) is 21.5 Å². The van der Waals surface area contributed by atoms with Crippen molar-refractivity contribution in [2.45, 2.75) is 37.7 Å². The Labute approximate surface area is 175 Å². The van der Waals surface area contributed by atoms with Crippen molar-refractivity contribution in [2.75, 3.05) is 0 Å². The fraction of sp³-hybridized carbons (Fsp3) is 0.238. The Morgan fingerprint density at radius 2 is 2.03 bits per heavy atom. The van der Waals surface area contributed by atoms with Crippen molar-refractivity contribution in [1.29, 1.82) is 0 Å². The Balaban J connectivity index is 1.79. The molecule has 1 aromatic carbocycles. The van der Waals surface area contributed by atoms with Gasteiger partial charge >= 0.3 is 0 Å². The maximum Gasteiger partial charge on any atom is 0.262 e. The molecule has 29 heavy (non-hydrogen) atoms. The molecule has 0 aliphatic rings. The van der Waals surface area contributed by atoms with E-state index in [1.165, 1.54) is 23.1 Å². The number of nitrogens with zero attached hydrogens (tertiary/aromatic N) is 3. The molecule has 0 bridgehead atoms. The van der Waals surface area contributed by atoms with Crippen molar-refractivity contribution >= 4 is 44.2 Å². The number of allylic oxidation sites excluding steroid dienone is 1. The van der Waals surface area contributed by atoms with Crippen molar-refractivity contribution in [3.63, 3.8) is 0 Å². The molecule has 1 N–H and O–H groups in total. The van der Waals surface area contributed by atoms with E-state index in [2.05, 4.69) is 21.5 Å². The van der Waals surface area contributed by atoms with Gasteiger partial charge in [0.25, 0.3) is 11.1 Å². The fourth-order valence-electron chi connectivity index (χ4n) is 3.21. The summed E-state index contributed by atoms with van der Waals surface area (Å²) in [6.45, 7) is 9.99. The standard InChI is InChI=1S/C21H20N4O2S2/c1-5-10-25-20(27)14-8-6-7-9-15(14)22-21(25)29-13(4)17-23-18(26)16-11(2)12(3)28-19(16)24-17/h5-9,13H,1,10H2,2-4H3,(H,23,24,26). The number of thiophene rings is 1. The number of hydrogen-bond donors (Lipinski definition) is 1. The van der Waals surface area contributed by atoms with Gasteiger partial charge in [0.15, 0.2) is 5.16 Å². The van der Waals surface area contributed by atoms with E-state index < -0.39 is 0 Å². The van der Waals surface area contributed by atoms with Crippen LogP contribution in [0, 0.1) is 13.8 Å². The minimum atomic E-state index is -0.195. The van der Waals surface area contributed by atoms with Gasteiger partial charge in [0.2, 0.25) is 0 Å². The van der Waals surface area contributed by atoms with Gasteiger partial charge in [-0.25, -0.2) is 9.97 Å². The van der Waals surface area contributed by atoms with E-state index in [0.29, 0.717) is 33.8 Å². The lowest BCUT2D eigenvalue weighted by atomic mass is 10.2.